The van der Waals surface area contributed by atoms with Crippen LogP contribution >= 0.6 is 0 Å². The van der Waals surface area contributed by atoms with Crippen molar-refractivity contribution in [2.75, 3.05) is 0 Å². The first kappa shape index (κ1) is 26.5. The van der Waals surface area contributed by atoms with Crippen molar-refractivity contribution >= 4 is 54.6 Å². The van der Waals surface area contributed by atoms with E-state index in [2.05, 4.69) is 48.5 Å². The molecule has 48 heavy (non-hydrogen) atoms. The molecule has 0 aliphatic heterocycles. The fourth-order valence-corrected chi connectivity index (χ4v) is 6.70. The summed E-state index contributed by atoms with van der Waals surface area (Å²) in [5.74, 6) is 1.79. The van der Waals surface area contributed by atoms with Crippen molar-refractivity contribution in [1.29, 1.82) is 0 Å². The number of hydrogen-bond acceptors (Lipinski definition) is 6. The fourth-order valence-electron chi connectivity index (χ4n) is 6.70. The number of fused-ring (bicyclic) bond motifs is 8. The molecule has 0 unspecified atom stereocenters. The summed E-state index contributed by atoms with van der Waals surface area (Å²) < 4.78 is 12.8. The van der Waals surface area contributed by atoms with E-state index in [1.165, 1.54) is 10.8 Å². The lowest BCUT2D eigenvalue weighted by atomic mass is 10.0. The van der Waals surface area contributed by atoms with E-state index in [4.69, 9.17) is 28.8 Å². The fraction of sp³-hybridized carbons (Fsp3) is 0. The van der Waals surface area contributed by atoms with Gasteiger partial charge in [-0.15, -0.1) is 0 Å². The monoisotopic (exact) mass is 616 g/mol. The largest absolute Gasteiger partial charge is 0.456 e. The van der Waals surface area contributed by atoms with Crippen molar-refractivity contribution in [3.63, 3.8) is 0 Å². The zero-order valence-corrected chi connectivity index (χ0v) is 25.5. The Morgan fingerprint density at radius 1 is 0.396 bits per heavy atom. The number of hydrogen-bond donors (Lipinski definition) is 0. The molecule has 0 saturated carbocycles. The molecule has 224 valence electrons. The Bertz CT molecular complexity index is 2780. The van der Waals surface area contributed by atoms with Crippen molar-refractivity contribution < 1.29 is 8.83 Å². The quantitative estimate of drug-likeness (QED) is 0.196. The van der Waals surface area contributed by atoms with Crippen molar-refractivity contribution in [2.24, 2.45) is 0 Å². The molecule has 0 fully saturated rings. The number of aromatic nitrogens is 4. The Labute approximate surface area is 274 Å². The summed E-state index contributed by atoms with van der Waals surface area (Å²) in [7, 11) is 0. The Balaban J connectivity index is 1.12. The second-order valence-corrected chi connectivity index (χ2v) is 11.9. The van der Waals surface area contributed by atoms with E-state index >= 15 is 0 Å². The SMILES string of the molecule is c1ccc(-c2nc(-c3ccccc3)nc(-c3cccc4oc5cc(-c6ccc7c(c6)oc6ccc8ccccc8c67)ncc5c34)n2)cc1. The van der Waals surface area contributed by atoms with E-state index in [9.17, 15) is 0 Å². The molecule has 10 rings (SSSR count). The van der Waals surface area contributed by atoms with Gasteiger partial charge in [0.25, 0.3) is 0 Å². The van der Waals surface area contributed by atoms with Gasteiger partial charge in [-0.25, -0.2) is 15.0 Å². The number of nitrogens with zero attached hydrogens (tertiary/aromatic N) is 4. The molecular weight excluding hydrogens is 592 g/mol. The minimum Gasteiger partial charge on any atom is -0.456 e. The van der Waals surface area contributed by atoms with Crippen LogP contribution in [0.15, 0.2) is 155 Å². The normalized spacial score (nSPS) is 11.8. The van der Waals surface area contributed by atoms with Gasteiger partial charge in [-0.2, -0.15) is 0 Å². The van der Waals surface area contributed by atoms with Crippen molar-refractivity contribution in [3.05, 3.63) is 146 Å². The number of furan rings is 2. The molecule has 0 aliphatic carbocycles. The van der Waals surface area contributed by atoms with E-state index in [0.29, 0.717) is 17.5 Å². The third-order valence-electron chi connectivity index (χ3n) is 8.98. The molecule has 0 N–H and O–H groups in total. The number of pyridine rings is 1. The van der Waals surface area contributed by atoms with Crippen LogP contribution in [0, 0.1) is 0 Å². The predicted molar refractivity (Wildman–Crippen MR) is 191 cm³/mol. The summed E-state index contributed by atoms with van der Waals surface area (Å²) in [5.41, 5.74) is 7.62. The van der Waals surface area contributed by atoms with E-state index < -0.39 is 0 Å². The van der Waals surface area contributed by atoms with E-state index in [1.807, 2.05) is 97.2 Å². The van der Waals surface area contributed by atoms with Gasteiger partial charge in [0, 0.05) is 56.1 Å². The molecule has 6 nitrogen and oxygen atoms in total. The van der Waals surface area contributed by atoms with Gasteiger partial charge in [-0.05, 0) is 35.0 Å². The molecule has 0 aliphatic rings. The lowest BCUT2D eigenvalue weighted by Crippen LogP contribution is -2.00. The summed E-state index contributed by atoms with van der Waals surface area (Å²) in [4.78, 5) is 19.7. The van der Waals surface area contributed by atoms with E-state index in [1.54, 1.807) is 0 Å². The van der Waals surface area contributed by atoms with Crippen LogP contribution in [-0.2, 0) is 0 Å². The van der Waals surface area contributed by atoms with Crippen LogP contribution in [0.2, 0.25) is 0 Å². The van der Waals surface area contributed by atoms with E-state index in [0.717, 1.165) is 71.8 Å². The molecule has 0 spiro atoms. The highest BCUT2D eigenvalue weighted by molar-refractivity contribution is 6.19. The average Bonchev–Trinajstić information content (AvgIpc) is 3.73. The molecule has 0 atom stereocenters. The maximum absolute atomic E-state index is 6.46. The summed E-state index contributed by atoms with van der Waals surface area (Å²) in [6.07, 6.45) is 1.88. The van der Waals surface area contributed by atoms with Crippen LogP contribution in [0.3, 0.4) is 0 Å². The van der Waals surface area contributed by atoms with E-state index in [-0.39, 0.29) is 0 Å². The molecule has 4 heterocycles. The zero-order valence-electron chi connectivity index (χ0n) is 25.5. The molecule has 0 bridgehead atoms. The summed E-state index contributed by atoms with van der Waals surface area (Å²) in [6, 6.07) is 46.8. The summed E-state index contributed by atoms with van der Waals surface area (Å²) in [6.45, 7) is 0. The van der Waals surface area contributed by atoms with Crippen LogP contribution in [0.25, 0.3) is 100 Å². The van der Waals surface area contributed by atoms with Gasteiger partial charge in [-0.1, -0.05) is 109 Å². The second kappa shape index (κ2) is 10.4. The molecule has 6 aromatic carbocycles. The topological polar surface area (TPSA) is 77.8 Å². The third kappa shape index (κ3) is 4.20. The smallest absolute Gasteiger partial charge is 0.164 e. The van der Waals surface area contributed by atoms with Crippen molar-refractivity contribution in [1.82, 2.24) is 19.9 Å². The molecule has 0 amide bonds. The maximum atomic E-state index is 6.46. The van der Waals surface area contributed by atoms with Gasteiger partial charge in [-0.3, -0.25) is 4.98 Å². The summed E-state index contributed by atoms with van der Waals surface area (Å²) in [5, 5.41) is 6.40. The molecule has 0 saturated heterocycles. The highest BCUT2D eigenvalue weighted by Crippen LogP contribution is 2.39. The molecule has 4 aromatic heterocycles. The summed E-state index contributed by atoms with van der Waals surface area (Å²) >= 11 is 0. The minimum absolute atomic E-state index is 0.572. The van der Waals surface area contributed by atoms with Crippen LogP contribution in [0.1, 0.15) is 0 Å². The average molecular weight is 617 g/mol. The second-order valence-electron chi connectivity index (χ2n) is 11.9. The van der Waals surface area contributed by atoms with Crippen LogP contribution in [0.5, 0.6) is 0 Å². The first-order valence-corrected chi connectivity index (χ1v) is 15.8. The Morgan fingerprint density at radius 2 is 1.06 bits per heavy atom. The van der Waals surface area contributed by atoms with Crippen LogP contribution < -0.4 is 0 Å². The first-order valence-electron chi connectivity index (χ1n) is 15.8. The highest BCUT2D eigenvalue weighted by Gasteiger charge is 2.19. The molecule has 0 radical (unpaired) electrons. The van der Waals surface area contributed by atoms with Gasteiger partial charge in [0.15, 0.2) is 17.5 Å². The Morgan fingerprint density at radius 3 is 1.83 bits per heavy atom. The Kier molecular flexibility index (Phi) is 5.77. The number of benzene rings is 6. The van der Waals surface area contributed by atoms with Crippen molar-refractivity contribution in [3.8, 4) is 45.4 Å². The van der Waals surface area contributed by atoms with Gasteiger partial charge >= 0.3 is 0 Å². The standard InChI is InChI=1S/C42H24N4O2/c1-3-11-26(12-4-1)40-44-41(27-13-5-2-6-14-27)46-42(45-40)31-16-9-17-34-39(31)32-24-43-33(23-37(32)47-34)28-18-20-30-36(22-28)48-35-21-19-25-10-7-8-15-29(25)38(30)35/h1-24H. The zero-order chi connectivity index (χ0) is 31.6. The van der Waals surface area contributed by atoms with Crippen LogP contribution in [0.4, 0.5) is 0 Å². The number of rotatable bonds is 4. The lowest BCUT2D eigenvalue weighted by molar-refractivity contribution is 0.668. The minimum atomic E-state index is 0.572. The van der Waals surface area contributed by atoms with Crippen LogP contribution in [-0.4, -0.2) is 19.9 Å². The molecular formula is C42H24N4O2. The first-order chi connectivity index (χ1) is 23.8. The third-order valence-corrected chi connectivity index (χ3v) is 8.98. The highest BCUT2D eigenvalue weighted by atomic mass is 16.3. The van der Waals surface area contributed by atoms with Gasteiger partial charge in [0.2, 0.25) is 0 Å². The lowest BCUT2D eigenvalue weighted by Gasteiger charge is -2.09. The van der Waals surface area contributed by atoms with Gasteiger partial charge in [0.05, 0.1) is 5.69 Å². The molecule has 10 aromatic rings. The molecule has 6 heteroatoms. The maximum Gasteiger partial charge on any atom is 0.164 e. The van der Waals surface area contributed by atoms with Gasteiger partial charge < -0.3 is 8.83 Å². The Hall–Kier alpha value is -6.66. The van der Waals surface area contributed by atoms with Gasteiger partial charge in [0.1, 0.15) is 22.3 Å². The predicted octanol–water partition coefficient (Wildman–Crippen LogP) is 10.9. The van der Waals surface area contributed by atoms with Crippen molar-refractivity contribution in [2.45, 2.75) is 0 Å².